The summed E-state index contributed by atoms with van der Waals surface area (Å²) in [5.41, 5.74) is 1.41. The van der Waals surface area contributed by atoms with Crippen LogP contribution in [0.5, 0.6) is 0 Å². The van der Waals surface area contributed by atoms with E-state index in [1.165, 1.54) is 12.1 Å². The number of rotatable bonds is 2. The number of imidazole rings is 1. The van der Waals surface area contributed by atoms with E-state index >= 15 is 0 Å². The van der Waals surface area contributed by atoms with Gasteiger partial charge < -0.3 is 4.57 Å². The zero-order valence-electron chi connectivity index (χ0n) is 7.98. The van der Waals surface area contributed by atoms with Crippen molar-refractivity contribution >= 4 is 17.3 Å². The number of hydrogen-bond donors (Lipinski definition) is 0. The summed E-state index contributed by atoms with van der Waals surface area (Å²) in [7, 11) is 0. The fraction of sp³-hybridized carbons (Fsp3) is 0.273. The summed E-state index contributed by atoms with van der Waals surface area (Å²) in [4.78, 5) is 14.9. The number of aldehydes is 1. The number of halogens is 1. The molecule has 3 rings (SSSR count). The van der Waals surface area contributed by atoms with Gasteiger partial charge in [0.25, 0.3) is 0 Å². The molecule has 1 aliphatic carbocycles. The molecule has 0 saturated heterocycles. The van der Waals surface area contributed by atoms with Crippen molar-refractivity contribution in [2.24, 2.45) is 0 Å². The van der Waals surface area contributed by atoms with Crippen LogP contribution in [0.2, 0.25) is 0 Å². The minimum absolute atomic E-state index is 0.319. The average Bonchev–Trinajstić information content (AvgIpc) is 2.99. The zero-order chi connectivity index (χ0) is 10.4. The number of aromatic nitrogens is 2. The minimum atomic E-state index is -0.319. The van der Waals surface area contributed by atoms with Gasteiger partial charge in [0.05, 0.1) is 11.0 Å². The minimum Gasteiger partial charge on any atom is -0.319 e. The van der Waals surface area contributed by atoms with E-state index < -0.39 is 0 Å². The van der Waals surface area contributed by atoms with Gasteiger partial charge in [-0.2, -0.15) is 0 Å². The maximum absolute atomic E-state index is 13.0. The summed E-state index contributed by atoms with van der Waals surface area (Å²) in [6, 6.07) is 4.82. The molecule has 3 nitrogen and oxygen atoms in total. The van der Waals surface area contributed by atoms with Gasteiger partial charge in [0, 0.05) is 12.1 Å². The topological polar surface area (TPSA) is 34.9 Å². The van der Waals surface area contributed by atoms with Crippen LogP contribution >= 0.6 is 0 Å². The van der Waals surface area contributed by atoms with Crippen LogP contribution in [0.25, 0.3) is 11.0 Å². The highest BCUT2D eigenvalue weighted by Gasteiger charge is 2.27. The van der Waals surface area contributed by atoms with Crippen LogP contribution in [0.3, 0.4) is 0 Å². The Hall–Kier alpha value is -1.71. The van der Waals surface area contributed by atoms with Crippen LogP contribution in [0.1, 0.15) is 29.5 Å². The third kappa shape index (κ3) is 1.25. The summed E-state index contributed by atoms with van der Waals surface area (Å²) < 4.78 is 14.9. The maximum atomic E-state index is 13.0. The maximum Gasteiger partial charge on any atom is 0.185 e. The molecule has 4 heteroatoms. The smallest absolute Gasteiger partial charge is 0.185 e. The Morgan fingerprint density at radius 2 is 2.27 bits per heavy atom. The fourth-order valence-electron chi connectivity index (χ4n) is 1.89. The lowest BCUT2D eigenvalue weighted by Crippen LogP contribution is -1.99. The fourth-order valence-corrected chi connectivity index (χ4v) is 1.89. The molecule has 0 unspecified atom stereocenters. The summed E-state index contributed by atoms with van der Waals surface area (Å²) in [6.45, 7) is 0. The number of fused-ring (bicyclic) bond motifs is 1. The second-order valence-corrected chi connectivity index (χ2v) is 3.82. The van der Waals surface area contributed by atoms with Gasteiger partial charge in [-0.25, -0.2) is 9.37 Å². The molecule has 0 aliphatic heterocycles. The van der Waals surface area contributed by atoms with E-state index in [1.54, 1.807) is 6.07 Å². The lowest BCUT2D eigenvalue weighted by atomic mass is 10.3. The molecule has 1 saturated carbocycles. The number of hydrogen-bond acceptors (Lipinski definition) is 2. The molecule has 0 N–H and O–H groups in total. The Kier molecular flexibility index (Phi) is 1.65. The highest BCUT2D eigenvalue weighted by atomic mass is 19.1. The van der Waals surface area contributed by atoms with Crippen LogP contribution in [-0.4, -0.2) is 15.8 Å². The number of benzene rings is 1. The molecule has 76 valence electrons. The molecule has 1 fully saturated rings. The largest absolute Gasteiger partial charge is 0.319 e. The summed E-state index contributed by atoms with van der Waals surface area (Å²) >= 11 is 0. The van der Waals surface area contributed by atoms with E-state index in [4.69, 9.17) is 0 Å². The molecule has 0 atom stereocenters. The van der Waals surface area contributed by atoms with Crippen LogP contribution in [0.4, 0.5) is 4.39 Å². The molecule has 0 radical (unpaired) electrons. The number of carbonyl (C=O) groups excluding carboxylic acids is 1. The van der Waals surface area contributed by atoms with Crippen molar-refractivity contribution in [1.29, 1.82) is 0 Å². The van der Waals surface area contributed by atoms with Crippen molar-refractivity contribution in [3.63, 3.8) is 0 Å². The van der Waals surface area contributed by atoms with E-state index in [1.807, 2.05) is 4.57 Å². The lowest BCUT2D eigenvalue weighted by Gasteiger charge is -2.02. The molecule has 1 heterocycles. The van der Waals surface area contributed by atoms with Crippen LogP contribution in [0, 0.1) is 5.82 Å². The molecule has 0 bridgehead atoms. The van der Waals surface area contributed by atoms with Crippen molar-refractivity contribution in [3.05, 3.63) is 29.8 Å². The van der Waals surface area contributed by atoms with Crippen molar-refractivity contribution < 1.29 is 9.18 Å². The highest BCUT2D eigenvalue weighted by molar-refractivity contribution is 5.83. The molecule has 1 aromatic heterocycles. The average molecular weight is 204 g/mol. The van der Waals surface area contributed by atoms with E-state index in [0.29, 0.717) is 17.4 Å². The predicted octanol–water partition coefficient (Wildman–Crippen LogP) is 2.32. The molecule has 0 amide bonds. The molecule has 2 aromatic rings. The lowest BCUT2D eigenvalue weighted by molar-refractivity contribution is 0.111. The van der Waals surface area contributed by atoms with Crippen LogP contribution < -0.4 is 0 Å². The van der Waals surface area contributed by atoms with Gasteiger partial charge in [0.1, 0.15) is 5.82 Å². The highest BCUT2D eigenvalue weighted by Crippen LogP contribution is 2.38. The van der Waals surface area contributed by atoms with E-state index in [2.05, 4.69) is 4.98 Å². The van der Waals surface area contributed by atoms with Crippen molar-refractivity contribution in [1.82, 2.24) is 9.55 Å². The second-order valence-electron chi connectivity index (χ2n) is 3.82. The molecular weight excluding hydrogens is 195 g/mol. The Bertz CT molecular complexity index is 543. The summed E-state index contributed by atoms with van der Waals surface area (Å²) in [6.07, 6.45) is 2.88. The first-order valence-electron chi connectivity index (χ1n) is 4.92. The molecule has 1 aromatic carbocycles. The molecular formula is C11H9FN2O. The second kappa shape index (κ2) is 2.89. The van der Waals surface area contributed by atoms with Gasteiger partial charge in [0.2, 0.25) is 0 Å². The van der Waals surface area contributed by atoms with Gasteiger partial charge in [-0.15, -0.1) is 0 Å². The number of nitrogens with zero attached hydrogens (tertiary/aromatic N) is 2. The van der Waals surface area contributed by atoms with Gasteiger partial charge in [-0.1, -0.05) is 0 Å². The van der Waals surface area contributed by atoms with Crippen LogP contribution in [0.15, 0.2) is 18.2 Å². The van der Waals surface area contributed by atoms with E-state index in [-0.39, 0.29) is 5.82 Å². The molecule has 0 spiro atoms. The molecule has 15 heavy (non-hydrogen) atoms. The zero-order valence-corrected chi connectivity index (χ0v) is 7.98. The first kappa shape index (κ1) is 8.59. The van der Waals surface area contributed by atoms with Gasteiger partial charge in [-0.3, -0.25) is 4.79 Å². The van der Waals surface area contributed by atoms with Gasteiger partial charge in [-0.05, 0) is 25.0 Å². The predicted molar refractivity (Wildman–Crippen MR) is 53.3 cm³/mol. The van der Waals surface area contributed by atoms with Crippen LogP contribution in [-0.2, 0) is 0 Å². The first-order valence-corrected chi connectivity index (χ1v) is 4.92. The van der Waals surface area contributed by atoms with Crippen molar-refractivity contribution in [2.45, 2.75) is 18.9 Å². The Morgan fingerprint density at radius 1 is 1.47 bits per heavy atom. The van der Waals surface area contributed by atoms with Gasteiger partial charge >= 0.3 is 0 Å². The third-order valence-corrected chi connectivity index (χ3v) is 2.70. The normalized spacial score (nSPS) is 15.8. The van der Waals surface area contributed by atoms with Gasteiger partial charge in [0.15, 0.2) is 12.1 Å². The Balaban J connectivity index is 2.33. The monoisotopic (exact) mass is 204 g/mol. The van der Waals surface area contributed by atoms with E-state index in [0.717, 1.165) is 24.6 Å². The summed E-state index contributed by atoms with van der Waals surface area (Å²) in [5.74, 6) is 0.0819. The van der Waals surface area contributed by atoms with Crippen molar-refractivity contribution in [3.8, 4) is 0 Å². The first-order chi connectivity index (χ1) is 7.29. The third-order valence-electron chi connectivity index (χ3n) is 2.70. The molecule has 1 aliphatic rings. The van der Waals surface area contributed by atoms with Crippen molar-refractivity contribution in [2.75, 3.05) is 0 Å². The number of carbonyl (C=O) groups is 1. The Morgan fingerprint density at radius 3 is 2.93 bits per heavy atom. The Labute approximate surface area is 85.5 Å². The quantitative estimate of drug-likeness (QED) is 0.703. The van der Waals surface area contributed by atoms with E-state index in [9.17, 15) is 9.18 Å². The standard InChI is InChI=1S/C11H9FN2O/c12-7-1-4-10-9(5-7)13-11(6-15)14(10)8-2-3-8/h1,4-6,8H,2-3H2. The SMILES string of the molecule is O=Cc1nc2cc(F)ccc2n1C1CC1. The summed E-state index contributed by atoms with van der Waals surface area (Å²) in [5, 5.41) is 0.